The average molecular weight is 259 g/mol. The maximum atomic E-state index is 11.6. The fourth-order valence-corrected chi connectivity index (χ4v) is 1.71. The van der Waals surface area contributed by atoms with E-state index in [1.807, 2.05) is 0 Å². The summed E-state index contributed by atoms with van der Waals surface area (Å²) < 4.78 is 5.29. The average Bonchev–Trinajstić information content (AvgIpc) is 2.67. The highest BCUT2D eigenvalue weighted by Gasteiger charge is 2.39. The minimum Gasteiger partial charge on any atom is -0.386 e. The van der Waals surface area contributed by atoms with Crippen molar-refractivity contribution in [1.82, 2.24) is 16.0 Å². The van der Waals surface area contributed by atoms with Crippen LogP contribution in [0.2, 0.25) is 0 Å². The Hall–Kier alpha value is -1.18. The Bertz CT molecular complexity index is 323. The number of carbonyl (C=O) groups is 2. The van der Waals surface area contributed by atoms with Gasteiger partial charge >= 0.3 is 6.03 Å². The SMILES string of the molecule is CNC(=O)NC(=O)C(C)NCC1(O)CCOC1C. The Morgan fingerprint density at radius 3 is 2.72 bits per heavy atom. The molecular formula is C11H21N3O4. The van der Waals surface area contributed by atoms with Gasteiger partial charge in [-0.1, -0.05) is 0 Å². The van der Waals surface area contributed by atoms with Gasteiger partial charge in [0.2, 0.25) is 5.91 Å². The van der Waals surface area contributed by atoms with E-state index in [9.17, 15) is 14.7 Å². The molecule has 0 saturated carbocycles. The van der Waals surface area contributed by atoms with E-state index in [0.717, 1.165) is 0 Å². The molecule has 1 aliphatic rings. The van der Waals surface area contributed by atoms with Crippen LogP contribution in [0.4, 0.5) is 4.79 Å². The molecule has 4 N–H and O–H groups in total. The molecule has 3 unspecified atom stereocenters. The lowest BCUT2D eigenvalue weighted by Crippen LogP contribution is -2.53. The van der Waals surface area contributed by atoms with Gasteiger partial charge in [0.15, 0.2) is 0 Å². The van der Waals surface area contributed by atoms with Gasteiger partial charge < -0.3 is 20.5 Å². The summed E-state index contributed by atoms with van der Waals surface area (Å²) in [7, 11) is 1.43. The molecular weight excluding hydrogens is 238 g/mol. The lowest BCUT2D eigenvalue weighted by atomic mass is 9.96. The van der Waals surface area contributed by atoms with Crippen LogP contribution < -0.4 is 16.0 Å². The smallest absolute Gasteiger partial charge is 0.321 e. The Balaban J connectivity index is 2.38. The van der Waals surface area contributed by atoms with Crippen LogP contribution >= 0.6 is 0 Å². The van der Waals surface area contributed by atoms with Gasteiger partial charge in [-0.3, -0.25) is 10.1 Å². The quantitative estimate of drug-likeness (QED) is 0.517. The topological polar surface area (TPSA) is 99.7 Å². The molecule has 0 aliphatic carbocycles. The van der Waals surface area contributed by atoms with Gasteiger partial charge in [0.25, 0.3) is 0 Å². The van der Waals surface area contributed by atoms with Gasteiger partial charge in [-0.2, -0.15) is 0 Å². The van der Waals surface area contributed by atoms with Crippen LogP contribution in [-0.2, 0) is 9.53 Å². The van der Waals surface area contributed by atoms with Crippen LogP contribution in [0.15, 0.2) is 0 Å². The lowest BCUT2D eigenvalue weighted by Gasteiger charge is -2.27. The van der Waals surface area contributed by atoms with Gasteiger partial charge in [-0.15, -0.1) is 0 Å². The minimum absolute atomic E-state index is 0.247. The fourth-order valence-electron chi connectivity index (χ4n) is 1.71. The summed E-state index contributed by atoms with van der Waals surface area (Å²) >= 11 is 0. The van der Waals surface area contributed by atoms with Gasteiger partial charge in [0.1, 0.15) is 5.60 Å². The summed E-state index contributed by atoms with van der Waals surface area (Å²) in [5, 5.41) is 17.6. The molecule has 3 atom stereocenters. The molecule has 0 aromatic rings. The Morgan fingerprint density at radius 2 is 2.22 bits per heavy atom. The van der Waals surface area contributed by atoms with Crippen molar-refractivity contribution in [2.45, 2.75) is 38.0 Å². The van der Waals surface area contributed by atoms with E-state index in [2.05, 4.69) is 16.0 Å². The molecule has 7 heteroatoms. The maximum Gasteiger partial charge on any atom is 0.321 e. The van der Waals surface area contributed by atoms with Crippen molar-refractivity contribution < 1.29 is 19.4 Å². The molecule has 0 aromatic heterocycles. The van der Waals surface area contributed by atoms with Crippen molar-refractivity contribution in [3.8, 4) is 0 Å². The van der Waals surface area contributed by atoms with Gasteiger partial charge in [0.05, 0.1) is 12.1 Å². The summed E-state index contributed by atoms with van der Waals surface area (Å²) in [4.78, 5) is 22.5. The van der Waals surface area contributed by atoms with E-state index in [1.165, 1.54) is 7.05 Å². The molecule has 1 rings (SSSR count). The minimum atomic E-state index is -0.957. The number of imide groups is 1. The molecule has 0 aromatic carbocycles. The predicted octanol–water partition coefficient (Wildman–Crippen LogP) is -1.04. The lowest BCUT2D eigenvalue weighted by molar-refractivity contribution is -0.122. The van der Waals surface area contributed by atoms with Crippen LogP contribution in [0.1, 0.15) is 20.3 Å². The summed E-state index contributed by atoms with van der Waals surface area (Å²) in [6.45, 7) is 4.18. The number of rotatable bonds is 4. The zero-order valence-corrected chi connectivity index (χ0v) is 10.9. The molecule has 1 saturated heterocycles. The van der Waals surface area contributed by atoms with Gasteiger partial charge in [-0.05, 0) is 13.8 Å². The first-order chi connectivity index (χ1) is 8.39. The van der Waals surface area contributed by atoms with Crippen molar-refractivity contribution in [2.75, 3.05) is 20.2 Å². The number of ether oxygens (including phenoxy) is 1. The molecule has 18 heavy (non-hydrogen) atoms. The van der Waals surface area contributed by atoms with Crippen molar-refractivity contribution in [3.05, 3.63) is 0 Å². The van der Waals surface area contributed by atoms with Crippen molar-refractivity contribution in [1.29, 1.82) is 0 Å². The van der Waals surface area contributed by atoms with Crippen molar-refractivity contribution in [2.24, 2.45) is 0 Å². The monoisotopic (exact) mass is 259 g/mol. The molecule has 0 radical (unpaired) electrons. The number of carbonyl (C=O) groups excluding carboxylic acids is 2. The maximum absolute atomic E-state index is 11.6. The Morgan fingerprint density at radius 1 is 1.56 bits per heavy atom. The van der Waals surface area contributed by atoms with Crippen LogP contribution in [-0.4, -0.2) is 55.0 Å². The normalized spacial score (nSPS) is 28.8. The van der Waals surface area contributed by atoms with E-state index in [0.29, 0.717) is 13.0 Å². The molecule has 1 fully saturated rings. The van der Waals surface area contributed by atoms with E-state index in [-0.39, 0.29) is 12.6 Å². The molecule has 1 heterocycles. The van der Waals surface area contributed by atoms with Crippen LogP contribution in [0.25, 0.3) is 0 Å². The third-order valence-corrected chi connectivity index (χ3v) is 3.23. The second-order valence-corrected chi connectivity index (χ2v) is 4.54. The first-order valence-electron chi connectivity index (χ1n) is 5.99. The molecule has 3 amide bonds. The summed E-state index contributed by atoms with van der Waals surface area (Å²) in [6.07, 6.45) is 0.268. The molecule has 104 valence electrons. The molecule has 7 nitrogen and oxygen atoms in total. The number of hydrogen-bond donors (Lipinski definition) is 4. The fraction of sp³-hybridized carbons (Fsp3) is 0.818. The molecule has 0 spiro atoms. The highest BCUT2D eigenvalue weighted by atomic mass is 16.5. The first-order valence-corrected chi connectivity index (χ1v) is 5.99. The summed E-state index contributed by atoms with van der Waals surface area (Å²) in [6, 6.07) is -1.12. The van der Waals surface area contributed by atoms with Gasteiger partial charge in [0, 0.05) is 26.6 Å². The number of nitrogens with one attached hydrogen (secondary N) is 3. The largest absolute Gasteiger partial charge is 0.386 e. The van der Waals surface area contributed by atoms with Crippen LogP contribution in [0.5, 0.6) is 0 Å². The zero-order valence-electron chi connectivity index (χ0n) is 10.9. The number of aliphatic hydroxyl groups is 1. The number of hydrogen-bond acceptors (Lipinski definition) is 5. The second-order valence-electron chi connectivity index (χ2n) is 4.54. The Kier molecular flexibility index (Phi) is 5.06. The van der Waals surface area contributed by atoms with E-state index >= 15 is 0 Å². The second kappa shape index (κ2) is 6.12. The van der Waals surface area contributed by atoms with Crippen molar-refractivity contribution >= 4 is 11.9 Å². The standard InChI is InChI=1S/C11H21N3O4/c1-7(9(15)14-10(16)12-3)13-6-11(17)4-5-18-8(11)2/h7-8,13,17H,4-6H2,1-3H3,(H2,12,14,15,16). The summed E-state index contributed by atoms with van der Waals surface area (Å²) in [5.74, 6) is -0.440. The van der Waals surface area contributed by atoms with E-state index < -0.39 is 23.6 Å². The molecule has 0 bridgehead atoms. The number of urea groups is 1. The van der Waals surface area contributed by atoms with Crippen LogP contribution in [0.3, 0.4) is 0 Å². The zero-order chi connectivity index (χ0) is 13.8. The predicted molar refractivity (Wildman–Crippen MR) is 65.0 cm³/mol. The number of amides is 3. The van der Waals surface area contributed by atoms with E-state index in [1.54, 1.807) is 13.8 Å². The van der Waals surface area contributed by atoms with Gasteiger partial charge in [-0.25, -0.2) is 4.79 Å². The highest BCUT2D eigenvalue weighted by molar-refractivity contribution is 5.96. The third-order valence-electron chi connectivity index (χ3n) is 3.23. The summed E-state index contributed by atoms with van der Waals surface area (Å²) in [5.41, 5.74) is -0.957. The third kappa shape index (κ3) is 3.66. The Labute approximate surface area is 106 Å². The van der Waals surface area contributed by atoms with Crippen molar-refractivity contribution in [3.63, 3.8) is 0 Å². The van der Waals surface area contributed by atoms with Crippen LogP contribution in [0, 0.1) is 0 Å². The first kappa shape index (κ1) is 14.9. The van der Waals surface area contributed by atoms with E-state index in [4.69, 9.17) is 4.74 Å². The molecule has 1 aliphatic heterocycles. The highest BCUT2D eigenvalue weighted by Crippen LogP contribution is 2.24.